The van der Waals surface area contributed by atoms with Gasteiger partial charge in [-0.3, -0.25) is 4.90 Å². The number of aliphatic hydroxyl groups is 1. The fourth-order valence-electron chi connectivity index (χ4n) is 3.20. The van der Waals surface area contributed by atoms with Crippen molar-refractivity contribution in [3.05, 3.63) is 29.6 Å². The predicted octanol–water partition coefficient (Wildman–Crippen LogP) is 2.40. The molecule has 0 radical (unpaired) electrons. The van der Waals surface area contributed by atoms with Crippen molar-refractivity contribution in [3.63, 3.8) is 0 Å². The van der Waals surface area contributed by atoms with Crippen LogP contribution in [0, 0.1) is 5.82 Å². The van der Waals surface area contributed by atoms with Crippen molar-refractivity contribution in [2.24, 2.45) is 0 Å². The molecule has 2 aliphatic rings. The Labute approximate surface area is 137 Å². The van der Waals surface area contributed by atoms with Crippen LogP contribution >= 0.6 is 0 Å². The minimum atomic E-state index is -0.129. The number of morpholine rings is 1. The lowest BCUT2D eigenvalue weighted by Crippen LogP contribution is -2.36. The van der Waals surface area contributed by atoms with Crippen LogP contribution in [0.5, 0.6) is 0 Å². The van der Waals surface area contributed by atoms with E-state index in [0.717, 1.165) is 44.6 Å². The first-order valence-corrected chi connectivity index (χ1v) is 8.74. The maximum absolute atomic E-state index is 14.5. The van der Waals surface area contributed by atoms with E-state index in [4.69, 9.17) is 9.84 Å². The van der Waals surface area contributed by atoms with Crippen LogP contribution in [-0.2, 0) is 11.3 Å². The largest absolute Gasteiger partial charge is 0.396 e. The Hall–Kier alpha value is -1.17. The second-order valence-corrected chi connectivity index (χ2v) is 6.52. The summed E-state index contributed by atoms with van der Waals surface area (Å²) in [6, 6.07) is 6.30. The second-order valence-electron chi connectivity index (χ2n) is 6.52. The van der Waals surface area contributed by atoms with Gasteiger partial charge in [0.2, 0.25) is 0 Å². The van der Waals surface area contributed by atoms with Crippen LogP contribution in [0.2, 0.25) is 0 Å². The Morgan fingerprint density at radius 1 is 1.22 bits per heavy atom. The first kappa shape index (κ1) is 16.7. The molecule has 0 amide bonds. The van der Waals surface area contributed by atoms with E-state index in [9.17, 15) is 4.39 Å². The molecule has 1 heterocycles. The van der Waals surface area contributed by atoms with Gasteiger partial charge in [0.15, 0.2) is 0 Å². The van der Waals surface area contributed by atoms with Gasteiger partial charge >= 0.3 is 0 Å². The van der Waals surface area contributed by atoms with Gasteiger partial charge < -0.3 is 14.7 Å². The zero-order valence-electron chi connectivity index (χ0n) is 13.7. The van der Waals surface area contributed by atoms with E-state index >= 15 is 0 Å². The summed E-state index contributed by atoms with van der Waals surface area (Å²) < 4.78 is 19.8. The maximum atomic E-state index is 14.5. The molecule has 1 aromatic carbocycles. The van der Waals surface area contributed by atoms with Gasteiger partial charge in [0, 0.05) is 32.3 Å². The van der Waals surface area contributed by atoms with Gasteiger partial charge in [-0.1, -0.05) is 6.07 Å². The second kappa shape index (κ2) is 8.08. The molecule has 4 nitrogen and oxygen atoms in total. The topological polar surface area (TPSA) is 35.9 Å². The van der Waals surface area contributed by atoms with Crippen molar-refractivity contribution in [3.8, 4) is 0 Å². The monoisotopic (exact) mass is 322 g/mol. The molecule has 0 aromatic heterocycles. The Bertz CT molecular complexity index is 502. The molecule has 1 N–H and O–H groups in total. The molecule has 128 valence electrons. The molecule has 5 heteroatoms. The number of hydrogen-bond acceptors (Lipinski definition) is 4. The molecule has 1 saturated carbocycles. The van der Waals surface area contributed by atoms with Gasteiger partial charge in [-0.25, -0.2) is 4.39 Å². The van der Waals surface area contributed by atoms with E-state index < -0.39 is 0 Å². The number of benzene rings is 1. The lowest BCUT2D eigenvalue weighted by molar-refractivity contribution is 0.122. The number of hydrogen-bond donors (Lipinski definition) is 1. The molecule has 1 aliphatic carbocycles. The number of aliphatic hydroxyl groups excluding tert-OH is 1. The van der Waals surface area contributed by atoms with Crippen molar-refractivity contribution in [2.45, 2.75) is 38.3 Å². The van der Waals surface area contributed by atoms with Crippen LogP contribution < -0.4 is 4.90 Å². The first-order valence-electron chi connectivity index (χ1n) is 8.74. The molecule has 1 aliphatic heterocycles. The third-order valence-electron chi connectivity index (χ3n) is 4.67. The van der Waals surface area contributed by atoms with Gasteiger partial charge in [0.25, 0.3) is 0 Å². The van der Waals surface area contributed by atoms with Crippen molar-refractivity contribution in [2.75, 3.05) is 44.4 Å². The zero-order valence-corrected chi connectivity index (χ0v) is 13.7. The van der Waals surface area contributed by atoms with Gasteiger partial charge in [-0.15, -0.1) is 0 Å². The van der Waals surface area contributed by atoms with Gasteiger partial charge in [0.1, 0.15) is 5.82 Å². The quantitative estimate of drug-likeness (QED) is 0.746. The van der Waals surface area contributed by atoms with Crippen LogP contribution in [0.1, 0.15) is 31.2 Å². The highest BCUT2D eigenvalue weighted by atomic mass is 19.1. The highest BCUT2D eigenvalue weighted by Gasteiger charge is 2.28. The normalized spacial score (nSPS) is 18.7. The fraction of sp³-hybridized carbons (Fsp3) is 0.667. The minimum absolute atomic E-state index is 0.129. The SMILES string of the molecule is OCCCCN(Cc1ccc(N2CCOCC2)c(F)c1)C1CC1. The average molecular weight is 322 g/mol. The lowest BCUT2D eigenvalue weighted by Gasteiger charge is -2.29. The van der Waals surface area contributed by atoms with Crippen molar-refractivity contribution in [1.29, 1.82) is 0 Å². The highest BCUT2D eigenvalue weighted by molar-refractivity contribution is 5.49. The predicted molar refractivity (Wildman–Crippen MR) is 89.2 cm³/mol. The van der Waals surface area contributed by atoms with E-state index in [1.54, 1.807) is 6.07 Å². The number of unbranched alkanes of at least 4 members (excludes halogenated alkanes) is 1. The van der Waals surface area contributed by atoms with Gasteiger partial charge in [-0.2, -0.15) is 0 Å². The molecule has 0 unspecified atom stereocenters. The molecule has 1 aromatic rings. The van der Waals surface area contributed by atoms with E-state index in [-0.39, 0.29) is 12.4 Å². The molecule has 3 rings (SSSR count). The molecular weight excluding hydrogens is 295 g/mol. The fourth-order valence-corrected chi connectivity index (χ4v) is 3.20. The lowest BCUT2D eigenvalue weighted by atomic mass is 10.1. The van der Waals surface area contributed by atoms with E-state index in [1.807, 2.05) is 6.07 Å². The molecule has 2 fully saturated rings. The summed E-state index contributed by atoms with van der Waals surface area (Å²) in [7, 11) is 0. The number of halogens is 1. The Kier molecular flexibility index (Phi) is 5.86. The van der Waals surface area contributed by atoms with Gasteiger partial charge in [0.05, 0.1) is 18.9 Å². The Balaban J connectivity index is 1.61. The molecular formula is C18H27FN2O2. The van der Waals surface area contributed by atoms with E-state index in [1.165, 1.54) is 12.8 Å². The summed E-state index contributed by atoms with van der Waals surface area (Å²) in [6.07, 6.45) is 4.33. The van der Waals surface area contributed by atoms with Crippen LogP contribution in [0.3, 0.4) is 0 Å². The van der Waals surface area contributed by atoms with Crippen LogP contribution in [0.15, 0.2) is 18.2 Å². The summed E-state index contributed by atoms with van der Waals surface area (Å²) >= 11 is 0. The van der Waals surface area contributed by atoms with Crippen LogP contribution in [0.4, 0.5) is 10.1 Å². The molecule has 23 heavy (non-hydrogen) atoms. The van der Waals surface area contributed by atoms with Gasteiger partial charge in [-0.05, 0) is 49.9 Å². The zero-order chi connectivity index (χ0) is 16.1. The molecule has 1 saturated heterocycles. The van der Waals surface area contributed by atoms with Crippen LogP contribution in [0.25, 0.3) is 0 Å². The summed E-state index contributed by atoms with van der Waals surface area (Å²) in [5.41, 5.74) is 1.73. The molecule has 0 atom stereocenters. The van der Waals surface area contributed by atoms with E-state index in [2.05, 4.69) is 15.9 Å². The number of anilines is 1. The van der Waals surface area contributed by atoms with Crippen LogP contribution in [-0.4, -0.2) is 55.5 Å². The molecule has 0 spiro atoms. The number of ether oxygens (including phenoxy) is 1. The molecule has 0 bridgehead atoms. The summed E-state index contributed by atoms with van der Waals surface area (Å²) in [4.78, 5) is 4.49. The average Bonchev–Trinajstić information content (AvgIpc) is 3.40. The standard InChI is InChI=1S/C18H27FN2O2/c19-17-13-15(3-6-18(17)20-8-11-23-12-9-20)14-21(16-4-5-16)7-1-2-10-22/h3,6,13,16,22H,1-2,4-5,7-12,14H2. The highest BCUT2D eigenvalue weighted by Crippen LogP contribution is 2.29. The van der Waals surface area contributed by atoms with Crippen molar-refractivity contribution >= 4 is 5.69 Å². The Morgan fingerprint density at radius 2 is 2.00 bits per heavy atom. The number of rotatable bonds is 8. The minimum Gasteiger partial charge on any atom is -0.396 e. The smallest absolute Gasteiger partial charge is 0.146 e. The maximum Gasteiger partial charge on any atom is 0.146 e. The third-order valence-corrected chi connectivity index (χ3v) is 4.67. The van der Waals surface area contributed by atoms with Crippen molar-refractivity contribution in [1.82, 2.24) is 4.90 Å². The Morgan fingerprint density at radius 3 is 2.65 bits per heavy atom. The third kappa shape index (κ3) is 4.66. The first-order chi connectivity index (χ1) is 11.3. The summed E-state index contributed by atoms with van der Waals surface area (Å²) in [6.45, 7) is 4.89. The summed E-state index contributed by atoms with van der Waals surface area (Å²) in [5, 5.41) is 8.93. The number of nitrogens with zero attached hydrogens (tertiary/aromatic N) is 2. The van der Waals surface area contributed by atoms with E-state index in [0.29, 0.717) is 24.9 Å². The summed E-state index contributed by atoms with van der Waals surface area (Å²) in [5.74, 6) is -0.129. The van der Waals surface area contributed by atoms with Crippen molar-refractivity contribution < 1.29 is 14.2 Å².